The van der Waals surface area contributed by atoms with Crippen LogP contribution in [0.1, 0.15) is 26.2 Å². The lowest BCUT2D eigenvalue weighted by atomic mass is 10.0. The zero-order chi connectivity index (χ0) is 9.68. The molecule has 1 aliphatic heterocycles. The first-order valence-corrected chi connectivity index (χ1v) is 5.11. The molecule has 0 aromatic rings. The van der Waals surface area contributed by atoms with E-state index in [-0.39, 0.29) is 5.92 Å². The lowest BCUT2D eigenvalue weighted by molar-refractivity contribution is 0.142. The van der Waals surface area contributed by atoms with Crippen molar-refractivity contribution < 1.29 is 0 Å². The summed E-state index contributed by atoms with van der Waals surface area (Å²) in [7, 11) is 0. The van der Waals surface area contributed by atoms with Gasteiger partial charge in [-0.25, -0.2) is 0 Å². The van der Waals surface area contributed by atoms with Gasteiger partial charge >= 0.3 is 0 Å². The molecule has 1 rings (SSSR count). The minimum absolute atomic E-state index is 0.132. The largest absolute Gasteiger partial charge is 0.329 e. The van der Waals surface area contributed by atoms with Crippen LogP contribution >= 0.6 is 0 Å². The van der Waals surface area contributed by atoms with E-state index in [0.717, 1.165) is 19.6 Å². The van der Waals surface area contributed by atoms with Crippen molar-refractivity contribution in [1.82, 2.24) is 4.90 Å². The lowest BCUT2D eigenvalue weighted by Crippen LogP contribution is -2.45. The molecule has 0 spiro atoms. The van der Waals surface area contributed by atoms with Crippen molar-refractivity contribution in [2.24, 2.45) is 11.7 Å². The second-order valence-electron chi connectivity index (χ2n) is 3.91. The maximum Gasteiger partial charge on any atom is 0.0666 e. The summed E-state index contributed by atoms with van der Waals surface area (Å²) in [6, 6.07) is 2.79. The molecule has 0 aliphatic carbocycles. The summed E-state index contributed by atoms with van der Waals surface area (Å²) in [6.45, 7) is 4.71. The Labute approximate surface area is 80.5 Å². The first-order valence-electron chi connectivity index (χ1n) is 5.11. The van der Waals surface area contributed by atoms with Crippen LogP contribution in [0.25, 0.3) is 0 Å². The van der Waals surface area contributed by atoms with Crippen molar-refractivity contribution in [3.63, 3.8) is 0 Å². The summed E-state index contributed by atoms with van der Waals surface area (Å²) in [4.78, 5) is 2.37. The Morgan fingerprint density at radius 2 is 2.38 bits per heavy atom. The van der Waals surface area contributed by atoms with E-state index in [4.69, 9.17) is 11.0 Å². The molecule has 3 nitrogen and oxygen atoms in total. The summed E-state index contributed by atoms with van der Waals surface area (Å²) in [5.74, 6) is 0.132. The van der Waals surface area contributed by atoms with Gasteiger partial charge in [-0.1, -0.05) is 6.42 Å². The van der Waals surface area contributed by atoms with Crippen LogP contribution in [0.2, 0.25) is 0 Å². The molecule has 2 atom stereocenters. The number of nitrogens with zero attached hydrogens (tertiary/aromatic N) is 2. The van der Waals surface area contributed by atoms with Crippen LogP contribution in [-0.2, 0) is 0 Å². The van der Waals surface area contributed by atoms with Crippen LogP contribution in [0, 0.1) is 17.2 Å². The van der Waals surface area contributed by atoms with Gasteiger partial charge in [-0.15, -0.1) is 0 Å². The number of nitrogens with two attached hydrogens (primary N) is 1. The Hall–Kier alpha value is -0.590. The van der Waals surface area contributed by atoms with Gasteiger partial charge in [0.05, 0.1) is 12.0 Å². The molecule has 0 aromatic carbocycles. The van der Waals surface area contributed by atoms with Gasteiger partial charge in [0.2, 0.25) is 0 Å². The smallest absolute Gasteiger partial charge is 0.0666 e. The zero-order valence-electron chi connectivity index (χ0n) is 8.37. The highest BCUT2D eigenvalue weighted by atomic mass is 15.2. The second kappa shape index (κ2) is 5.21. The molecule has 2 unspecified atom stereocenters. The van der Waals surface area contributed by atoms with Crippen molar-refractivity contribution in [2.75, 3.05) is 19.6 Å². The maximum atomic E-state index is 8.72. The van der Waals surface area contributed by atoms with Crippen molar-refractivity contribution in [1.29, 1.82) is 5.26 Å². The zero-order valence-corrected chi connectivity index (χ0v) is 8.37. The van der Waals surface area contributed by atoms with E-state index in [2.05, 4.69) is 11.0 Å². The van der Waals surface area contributed by atoms with Crippen molar-refractivity contribution in [2.45, 2.75) is 32.2 Å². The van der Waals surface area contributed by atoms with E-state index in [1.54, 1.807) is 0 Å². The molecular formula is C10H19N3. The summed E-state index contributed by atoms with van der Waals surface area (Å²) >= 11 is 0. The lowest BCUT2D eigenvalue weighted by Gasteiger charge is -2.35. The van der Waals surface area contributed by atoms with Crippen LogP contribution in [0.5, 0.6) is 0 Å². The molecule has 0 aromatic heterocycles. The van der Waals surface area contributed by atoms with E-state index < -0.39 is 0 Å². The monoisotopic (exact) mass is 181 g/mol. The average molecular weight is 181 g/mol. The highest BCUT2D eigenvalue weighted by Gasteiger charge is 2.21. The maximum absolute atomic E-state index is 8.72. The molecule has 1 heterocycles. The van der Waals surface area contributed by atoms with Crippen molar-refractivity contribution >= 4 is 0 Å². The van der Waals surface area contributed by atoms with E-state index in [9.17, 15) is 0 Å². The highest BCUT2D eigenvalue weighted by molar-refractivity contribution is 4.85. The summed E-state index contributed by atoms with van der Waals surface area (Å²) in [6.07, 6.45) is 3.75. The fraction of sp³-hybridized carbons (Fsp3) is 0.900. The van der Waals surface area contributed by atoms with Gasteiger partial charge in [0, 0.05) is 19.1 Å². The number of hydrogen-bond donors (Lipinski definition) is 1. The molecule has 1 fully saturated rings. The van der Waals surface area contributed by atoms with Crippen LogP contribution in [0.15, 0.2) is 0 Å². The minimum atomic E-state index is 0.132. The molecular weight excluding hydrogens is 162 g/mol. The topological polar surface area (TPSA) is 53.0 Å². The Morgan fingerprint density at radius 3 is 3.00 bits per heavy atom. The number of hydrogen-bond acceptors (Lipinski definition) is 3. The van der Waals surface area contributed by atoms with Crippen molar-refractivity contribution in [3.8, 4) is 6.07 Å². The van der Waals surface area contributed by atoms with Gasteiger partial charge in [0.25, 0.3) is 0 Å². The molecule has 0 bridgehead atoms. The van der Waals surface area contributed by atoms with Gasteiger partial charge < -0.3 is 5.73 Å². The number of likely N-dealkylation sites (tertiary alicyclic amines) is 1. The Morgan fingerprint density at radius 1 is 1.62 bits per heavy atom. The molecule has 2 N–H and O–H groups in total. The fourth-order valence-corrected chi connectivity index (χ4v) is 1.96. The number of rotatable bonds is 3. The second-order valence-corrected chi connectivity index (χ2v) is 3.91. The number of nitriles is 1. The fourth-order valence-electron chi connectivity index (χ4n) is 1.96. The molecule has 1 aliphatic rings. The first-order chi connectivity index (χ1) is 6.27. The Balaban J connectivity index is 2.41. The molecule has 1 saturated heterocycles. The molecule has 13 heavy (non-hydrogen) atoms. The highest BCUT2D eigenvalue weighted by Crippen LogP contribution is 2.17. The van der Waals surface area contributed by atoms with Gasteiger partial charge in [-0.2, -0.15) is 5.26 Å². The van der Waals surface area contributed by atoms with E-state index in [1.807, 2.05) is 6.92 Å². The Kier molecular flexibility index (Phi) is 4.20. The third-order valence-corrected chi connectivity index (χ3v) is 2.75. The summed E-state index contributed by atoms with van der Waals surface area (Å²) in [5.41, 5.74) is 5.69. The third kappa shape index (κ3) is 2.98. The molecule has 0 saturated carbocycles. The van der Waals surface area contributed by atoms with E-state index in [0.29, 0.717) is 6.04 Å². The minimum Gasteiger partial charge on any atom is -0.329 e. The first kappa shape index (κ1) is 10.5. The van der Waals surface area contributed by atoms with Crippen LogP contribution in [0.4, 0.5) is 0 Å². The van der Waals surface area contributed by atoms with Gasteiger partial charge in [-0.3, -0.25) is 4.90 Å². The third-order valence-electron chi connectivity index (χ3n) is 2.75. The van der Waals surface area contributed by atoms with Gasteiger partial charge in [0.1, 0.15) is 0 Å². The molecule has 0 amide bonds. The Bertz CT molecular complexity index is 185. The molecule has 74 valence electrons. The van der Waals surface area contributed by atoms with Crippen molar-refractivity contribution in [3.05, 3.63) is 0 Å². The van der Waals surface area contributed by atoms with Gasteiger partial charge in [0.15, 0.2) is 0 Å². The standard InChI is InChI=1S/C10H19N3/c1-9(6-11)8-13-5-3-2-4-10(13)7-12/h9-10H,2-5,7-8,12H2,1H3. The quantitative estimate of drug-likeness (QED) is 0.705. The number of piperidine rings is 1. The van der Waals surface area contributed by atoms with E-state index >= 15 is 0 Å². The van der Waals surface area contributed by atoms with Crippen LogP contribution in [-0.4, -0.2) is 30.6 Å². The SMILES string of the molecule is CC(C#N)CN1CCCCC1CN. The molecule has 0 radical (unpaired) electrons. The van der Waals surface area contributed by atoms with Gasteiger partial charge in [-0.05, 0) is 26.3 Å². The predicted molar refractivity (Wildman–Crippen MR) is 53.0 cm³/mol. The average Bonchev–Trinajstić information content (AvgIpc) is 2.18. The van der Waals surface area contributed by atoms with Crippen LogP contribution < -0.4 is 5.73 Å². The summed E-state index contributed by atoms with van der Waals surface area (Å²) < 4.78 is 0. The molecule has 3 heteroatoms. The normalized spacial score (nSPS) is 26.7. The van der Waals surface area contributed by atoms with E-state index in [1.165, 1.54) is 19.3 Å². The summed E-state index contributed by atoms with van der Waals surface area (Å²) in [5, 5.41) is 8.72. The predicted octanol–water partition coefficient (Wildman–Crippen LogP) is 0.959. The van der Waals surface area contributed by atoms with Crippen LogP contribution in [0.3, 0.4) is 0 Å².